The zero-order chi connectivity index (χ0) is 19.9. The maximum Gasteiger partial charge on any atom is 0.246 e. The van der Waals surface area contributed by atoms with Gasteiger partial charge in [0.15, 0.2) is 0 Å². The van der Waals surface area contributed by atoms with Crippen LogP contribution in [0.2, 0.25) is 0 Å². The van der Waals surface area contributed by atoms with Crippen LogP contribution >= 0.6 is 11.8 Å². The molecule has 0 atom stereocenters. The van der Waals surface area contributed by atoms with E-state index in [9.17, 15) is 9.18 Å². The van der Waals surface area contributed by atoms with Crippen molar-refractivity contribution in [3.8, 4) is 17.1 Å². The highest BCUT2D eigenvalue weighted by Crippen LogP contribution is 2.21. The van der Waals surface area contributed by atoms with Gasteiger partial charge < -0.3 is 14.2 Å². The largest absolute Gasteiger partial charge is 0.497 e. The first kappa shape index (κ1) is 19.9. The van der Waals surface area contributed by atoms with Gasteiger partial charge in [0, 0.05) is 18.4 Å². The number of hydrogen-bond donors (Lipinski definition) is 0. The van der Waals surface area contributed by atoms with Crippen molar-refractivity contribution in [2.75, 3.05) is 19.9 Å². The minimum absolute atomic E-state index is 0.0949. The van der Waals surface area contributed by atoms with Gasteiger partial charge in [0.1, 0.15) is 11.6 Å². The molecule has 146 valence electrons. The molecular weight excluding hydrogens is 381 g/mol. The summed E-state index contributed by atoms with van der Waals surface area (Å²) in [7, 11) is 3.26. The molecule has 1 amide bonds. The van der Waals surface area contributed by atoms with Gasteiger partial charge in [-0.3, -0.25) is 4.79 Å². The summed E-state index contributed by atoms with van der Waals surface area (Å²) in [5.41, 5.74) is 1.35. The first-order valence-corrected chi connectivity index (χ1v) is 9.74. The number of aromatic nitrogens is 2. The number of carbonyl (C=O) groups excluding carboxylic acids is 1. The summed E-state index contributed by atoms with van der Waals surface area (Å²) >= 11 is 1.36. The van der Waals surface area contributed by atoms with E-state index in [1.54, 1.807) is 32.4 Å². The number of carbonyl (C=O) groups is 1. The zero-order valence-electron chi connectivity index (χ0n) is 15.6. The van der Waals surface area contributed by atoms with Gasteiger partial charge in [0.25, 0.3) is 0 Å². The molecule has 0 N–H and O–H groups in total. The van der Waals surface area contributed by atoms with E-state index in [-0.39, 0.29) is 24.0 Å². The minimum atomic E-state index is -0.258. The van der Waals surface area contributed by atoms with Crippen LogP contribution in [0.1, 0.15) is 11.5 Å². The molecule has 3 aromatic rings. The second-order valence-electron chi connectivity index (χ2n) is 6.08. The highest BCUT2D eigenvalue weighted by Gasteiger charge is 2.15. The molecule has 0 saturated carbocycles. The van der Waals surface area contributed by atoms with Crippen molar-refractivity contribution in [3.63, 3.8) is 0 Å². The molecule has 3 rings (SSSR count). The van der Waals surface area contributed by atoms with Gasteiger partial charge in [-0.2, -0.15) is 4.98 Å². The number of halogens is 1. The van der Waals surface area contributed by atoms with Gasteiger partial charge in [0.2, 0.25) is 17.6 Å². The summed E-state index contributed by atoms with van der Waals surface area (Å²) in [5.74, 6) is 1.79. The average Bonchev–Trinajstić information content (AvgIpc) is 3.18. The Morgan fingerprint density at radius 2 is 2.07 bits per heavy atom. The molecule has 0 aliphatic heterocycles. The molecule has 28 heavy (non-hydrogen) atoms. The Hall–Kier alpha value is -2.87. The molecule has 1 aromatic heterocycles. The molecule has 1 heterocycles. The average molecular weight is 401 g/mol. The Kier molecular flexibility index (Phi) is 6.65. The second-order valence-corrected chi connectivity index (χ2v) is 7.06. The standard InChI is InChI=1S/C20H20FN3O3S/c1-24(19(25)13-28-12-15-6-3-4-9-17(15)21)11-18-22-20(23-27-18)14-7-5-8-16(10-14)26-2/h3-10H,11-13H2,1-2H3. The third-order valence-corrected chi connectivity index (χ3v) is 5.00. The molecule has 0 aliphatic rings. The van der Waals surface area contributed by atoms with Crippen molar-refractivity contribution in [1.82, 2.24) is 15.0 Å². The fourth-order valence-corrected chi connectivity index (χ4v) is 3.41. The number of nitrogens with zero attached hydrogens (tertiary/aromatic N) is 3. The van der Waals surface area contributed by atoms with E-state index in [4.69, 9.17) is 9.26 Å². The molecular formula is C20H20FN3O3S. The Labute approximate surface area is 166 Å². The van der Waals surface area contributed by atoms with Crippen molar-refractivity contribution in [2.24, 2.45) is 0 Å². The number of methoxy groups -OCH3 is 1. The number of ether oxygens (including phenoxy) is 1. The van der Waals surface area contributed by atoms with E-state index < -0.39 is 0 Å². The summed E-state index contributed by atoms with van der Waals surface area (Å²) in [5, 5.41) is 3.96. The van der Waals surface area contributed by atoms with E-state index in [2.05, 4.69) is 10.1 Å². The highest BCUT2D eigenvalue weighted by molar-refractivity contribution is 7.99. The van der Waals surface area contributed by atoms with Crippen molar-refractivity contribution >= 4 is 17.7 Å². The highest BCUT2D eigenvalue weighted by atomic mass is 32.2. The molecule has 0 bridgehead atoms. The topological polar surface area (TPSA) is 68.5 Å². The minimum Gasteiger partial charge on any atom is -0.497 e. The molecule has 0 aliphatic carbocycles. The summed E-state index contributed by atoms with van der Waals surface area (Å²) in [4.78, 5) is 18.1. The van der Waals surface area contributed by atoms with Gasteiger partial charge in [0.05, 0.1) is 19.4 Å². The maximum atomic E-state index is 13.6. The lowest BCUT2D eigenvalue weighted by atomic mass is 10.2. The third-order valence-electron chi connectivity index (χ3n) is 4.04. The quantitative estimate of drug-likeness (QED) is 0.572. The van der Waals surface area contributed by atoms with Crippen LogP contribution < -0.4 is 4.74 Å². The molecule has 2 aromatic carbocycles. The Balaban J connectivity index is 1.53. The molecule has 0 unspecified atom stereocenters. The van der Waals surface area contributed by atoms with E-state index in [0.717, 1.165) is 5.56 Å². The number of amides is 1. The van der Waals surface area contributed by atoms with E-state index in [0.29, 0.717) is 28.8 Å². The summed E-state index contributed by atoms with van der Waals surface area (Å²) in [6, 6.07) is 13.9. The monoisotopic (exact) mass is 401 g/mol. The molecule has 8 heteroatoms. The summed E-state index contributed by atoms with van der Waals surface area (Å²) in [6.07, 6.45) is 0. The number of hydrogen-bond acceptors (Lipinski definition) is 6. The number of thioether (sulfide) groups is 1. The molecule has 0 spiro atoms. The predicted molar refractivity (Wildman–Crippen MR) is 105 cm³/mol. The first-order valence-electron chi connectivity index (χ1n) is 8.59. The van der Waals surface area contributed by atoms with Crippen LogP contribution in [0.25, 0.3) is 11.4 Å². The van der Waals surface area contributed by atoms with Crippen LogP contribution in [0, 0.1) is 5.82 Å². The zero-order valence-corrected chi connectivity index (χ0v) is 16.4. The number of rotatable bonds is 8. The summed E-state index contributed by atoms with van der Waals surface area (Å²) in [6.45, 7) is 0.204. The van der Waals surface area contributed by atoms with Crippen LogP contribution in [0.15, 0.2) is 53.1 Å². The molecule has 0 fully saturated rings. The van der Waals surface area contributed by atoms with E-state index in [1.165, 1.54) is 22.7 Å². The third kappa shape index (κ3) is 5.10. The van der Waals surface area contributed by atoms with Gasteiger partial charge in [-0.1, -0.05) is 35.5 Å². The number of benzene rings is 2. The second kappa shape index (κ2) is 9.36. The normalized spacial score (nSPS) is 10.7. The Morgan fingerprint density at radius 1 is 1.25 bits per heavy atom. The molecule has 0 radical (unpaired) electrons. The van der Waals surface area contributed by atoms with Crippen LogP contribution in [0.4, 0.5) is 4.39 Å². The van der Waals surface area contributed by atoms with Crippen molar-refractivity contribution in [2.45, 2.75) is 12.3 Å². The van der Waals surface area contributed by atoms with E-state index in [1.807, 2.05) is 24.3 Å². The lowest BCUT2D eigenvalue weighted by molar-refractivity contribution is -0.127. The van der Waals surface area contributed by atoms with Crippen LogP contribution in [-0.4, -0.2) is 40.9 Å². The van der Waals surface area contributed by atoms with Gasteiger partial charge >= 0.3 is 0 Å². The lowest BCUT2D eigenvalue weighted by Crippen LogP contribution is -2.28. The van der Waals surface area contributed by atoms with Crippen molar-refractivity contribution in [3.05, 3.63) is 65.8 Å². The van der Waals surface area contributed by atoms with Crippen LogP contribution in [-0.2, 0) is 17.1 Å². The van der Waals surface area contributed by atoms with Crippen LogP contribution in [0.3, 0.4) is 0 Å². The fraction of sp³-hybridized carbons (Fsp3) is 0.250. The van der Waals surface area contributed by atoms with Crippen molar-refractivity contribution < 1.29 is 18.4 Å². The van der Waals surface area contributed by atoms with Gasteiger partial charge in [-0.15, -0.1) is 11.8 Å². The fourth-order valence-electron chi connectivity index (χ4n) is 2.46. The lowest BCUT2D eigenvalue weighted by Gasteiger charge is -2.14. The maximum absolute atomic E-state index is 13.6. The molecule has 0 saturated heterocycles. The predicted octanol–water partition coefficient (Wildman–Crippen LogP) is 3.78. The SMILES string of the molecule is COc1cccc(-c2noc(CN(C)C(=O)CSCc3ccccc3F)n2)c1. The Bertz CT molecular complexity index is 948. The summed E-state index contributed by atoms with van der Waals surface area (Å²) < 4.78 is 24.0. The molecule has 6 nitrogen and oxygen atoms in total. The van der Waals surface area contributed by atoms with Gasteiger partial charge in [-0.25, -0.2) is 4.39 Å². The first-order chi connectivity index (χ1) is 13.6. The smallest absolute Gasteiger partial charge is 0.246 e. The van der Waals surface area contributed by atoms with Gasteiger partial charge in [-0.05, 0) is 23.8 Å². The van der Waals surface area contributed by atoms with Crippen LogP contribution in [0.5, 0.6) is 5.75 Å². The Morgan fingerprint density at radius 3 is 2.86 bits per heavy atom. The van der Waals surface area contributed by atoms with E-state index >= 15 is 0 Å². The van der Waals surface area contributed by atoms with Crippen molar-refractivity contribution in [1.29, 1.82) is 0 Å².